The van der Waals surface area contributed by atoms with Crippen molar-refractivity contribution in [2.75, 3.05) is 6.54 Å². The average molecular weight is 292 g/mol. The molecule has 0 radical (unpaired) electrons. The summed E-state index contributed by atoms with van der Waals surface area (Å²) < 4.78 is 0. The van der Waals surface area contributed by atoms with Crippen molar-refractivity contribution in [1.29, 1.82) is 0 Å². The lowest BCUT2D eigenvalue weighted by atomic mass is 9.95. The quantitative estimate of drug-likeness (QED) is 0.884. The third-order valence-corrected chi connectivity index (χ3v) is 3.80. The maximum absolute atomic E-state index is 5.96. The third kappa shape index (κ3) is 3.55. The van der Waals surface area contributed by atoms with Gasteiger partial charge in [0.2, 0.25) is 0 Å². The van der Waals surface area contributed by atoms with Gasteiger partial charge < -0.3 is 5.32 Å². The third-order valence-electron chi connectivity index (χ3n) is 3.55. The van der Waals surface area contributed by atoms with Crippen molar-refractivity contribution in [2.45, 2.75) is 31.2 Å². The zero-order valence-electron chi connectivity index (χ0n) is 11.5. The summed E-state index contributed by atoms with van der Waals surface area (Å²) in [6.07, 6.45) is 3.36. The molecule has 0 amide bonds. The molecule has 1 aromatic carbocycles. The summed E-state index contributed by atoms with van der Waals surface area (Å²) >= 11 is 5.96. The molecule has 0 bridgehead atoms. The lowest BCUT2D eigenvalue weighted by molar-refractivity contribution is 0.563. The topological polar surface area (TPSA) is 55.6 Å². The molecule has 1 fully saturated rings. The fourth-order valence-corrected chi connectivity index (χ4v) is 2.39. The van der Waals surface area contributed by atoms with Crippen LogP contribution in [0, 0.1) is 0 Å². The molecule has 20 heavy (non-hydrogen) atoms. The number of aromatic nitrogens is 4. The lowest BCUT2D eigenvalue weighted by Gasteiger charge is -2.16. The zero-order valence-corrected chi connectivity index (χ0v) is 12.2. The van der Waals surface area contributed by atoms with Crippen LogP contribution in [0.3, 0.4) is 0 Å². The summed E-state index contributed by atoms with van der Waals surface area (Å²) in [4.78, 5) is 1.50. The predicted octanol–water partition coefficient (Wildman–Crippen LogP) is 1.94. The Balaban J connectivity index is 1.73. The summed E-state index contributed by atoms with van der Waals surface area (Å²) in [5, 5.41) is 16.6. The minimum atomic E-state index is 0.345. The Kier molecular flexibility index (Phi) is 3.98. The number of benzene rings is 1. The van der Waals surface area contributed by atoms with Crippen molar-refractivity contribution >= 4 is 11.6 Å². The van der Waals surface area contributed by atoms with E-state index in [-0.39, 0.29) is 0 Å². The highest BCUT2D eigenvalue weighted by Crippen LogP contribution is 2.24. The van der Waals surface area contributed by atoms with E-state index in [1.165, 1.54) is 23.2 Å². The second-order valence-corrected chi connectivity index (χ2v) is 5.77. The molecule has 3 rings (SSSR count). The molecule has 2 aromatic rings. The second-order valence-electron chi connectivity index (χ2n) is 5.33. The van der Waals surface area contributed by atoms with Crippen molar-refractivity contribution in [3.8, 4) is 0 Å². The average Bonchev–Trinajstić information content (AvgIpc) is 3.18. The molecule has 0 saturated heterocycles. The molecular weight excluding hydrogens is 274 g/mol. The van der Waals surface area contributed by atoms with E-state index in [1.54, 1.807) is 7.05 Å². The number of tetrazole rings is 1. The van der Waals surface area contributed by atoms with E-state index < -0.39 is 0 Å². The lowest BCUT2D eigenvalue weighted by Crippen LogP contribution is -2.25. The van der Waals surface area contributed by atoms with E-state index in [0.29, 0.717) is 12.0 Å². The van der Waals surface area contributed by atoms with Gasteiger partial charge in [0.25, 0.3) is 0 Å². The van der Waals surface area contributed by atoms with Gasteiger partial charge in [0.05, 0.1) is 7.05 Å². The number of hydrogen-bond donors (Lipinski definition) is 1. The van der Waals surface area contributed by atoms with Crippen LogP contribution in [0.4, 0.5) is 0 Å². The summed E-state index contributed by atoms with van der Waals surface area (Å²) in [5.74, 6) is 1.13. The highest BCUT2D eigenvalue weighted by molar-refractivity contribution is 6.30. The number of hydrogen-bond acceptors (Lipinski definition) is 4. The van der Waals surface area contributed by atoms with E-state index in [9.17, 15) is 0 Å². The predicted molar refractivity (Wildman–Crippen MR) is 77.7 cm³/mol. The Morgan fingerprint density at radius 3 is 2.70 bits per heavy atom. The molecule has 1 N–H and O–H groups in total. The number of rotatable bonds is 6. The molecule has 1 aliphatic carbocycles. The standard InChI is InChI=1S/C14H18ClN5/c1-20-18-14(17-19-20)8-11(9-16-13-6-7-13)10-2-4-12(15)5-3-10/h2-5,11,13,16H,6-9H2,1H3. The molecule has 6 heteroatoms. The maximum atomic E-state index is 5.96. The molecule has 1 aliphatic rings. The Hall–Kier alpha value is -1.46. The Morgan fingerprint density at radius 2 is 2.10 bits per heavy atom. The SMILES string of the molecule is Cn1nnc(CC(CNC2CC2)c2ccc(Cl)cc2)n1. The van der Waals surface area contributed by atoms with Crippen LogP contribution in [0.25, 0.3) is 0 Å². The minimum Gasteiger partial charge on any atom is -0.313 e. The smallest absolute Gasteiger partial charge is 0.175 e. The summed E-state index contributed by atoms with van der Waals surface area (Å²) in [7, 11) is 1.79. The maximum Gasteiger partial charge on any atom is 0.175 e. The minimum absolute atomic E-state index is 0.345. The van der Waals surface area contributed by atoms with Crippen LogP contribution in [0.15, 0.2) is 24.3 Å². The first kappa shape index (κ1) is 13.5. The molecule has 1 aromatic heterocycles. The Morgan fingerprint density at radius 1 is 1.35 bits per heavy atom. The number of halogens is 1. The van der Waals surface area contributed by atoms with Gasteiger partial charge in [0.1, 0.15) is 0 Å². The summed E-state index contributed by atoms with van der Waals surface area (Å²) in [5.41, 5.74) is 1.26. The van der Waals surface area contributed by atoms with Crippen molar-refractivity contribution in [2.24, 2.45) is 7.05 Å². The molecule has 106 valence electrons. The molecular formula is C14H18ClN5. The number of nitrogens with one attached hydrogen (secondary N) is 1. The van der Waals surface area contributed by atoms with Gasteiger partial charge in [-0.15, -0.1) is 10.2 Å². The number of aryl methyl sites for hydroxylation is 1. The number of nitrogens with zero attached hydrogens (tertiary/aromatic N) is 4. The van der Waals surface area contributed by atoms with E-state index in [2.05, 4.69) is 32.9 Å². The van der Waals surface area contributed by atoms with Gasteiger partial charge in [0.15, 0.2) is 5.82 Å². The fraction of sp³-hybridized carbons (Fsp3) is 0.500. The highest BCUT2D eigenvalue weighted by Gasteiger charge is 2.23. The van der Waals surface area contributed by atoms with Crippen molar-refractivity contribution in [3.05, 3.63) is 40.7 Å². The first-order chi connectivity index (χ1) is 9.70. The molecule has 1 heterocycles. The largest absolute Gasteiger partial charge is 0.313 e. The summed E-state index contributed by atoms with van der Waals surface area (Å²) in [6, 6.07) is 8.73. The zero-order chi connectivity index (χ0) is 13.9. The molecule has 5 nitrogen and oxygen atoms in total. The molecule has 0 aliphatic heterocycles. The van der Waals surface area contributed by atoms with Gasteiger partial charge in [-0.1, -0.05) is 23.7 Å². The van der Waals surface area contributed by atoms with Crippen LogP contribution in [-0.4, -0.2) is 32.8 Å². The van der Waals surface area contributed by atoms with Crippen LogP contribution in [-0.2, 0) is 13.5 Å². The van der Waals surface area contributed by atoms with Crippen molar-refractivity contribution < 1.29 is 0 Å². The second kappa shape index (κ2) is 5.89. The normalized spacial score (nSPS) is 16.3. The van der Waals surface area contributed by atoms with Gasteiger partial charge in [0, 0.05) is 29.9 Å². The first-order valence-electron chi connectivity index (χ1n) is 6.92. The molecule has 1 unspecified atom stereocenters. The van der Waals surface area contributed by atoms with Gasteiger partial charge in [-0.25, -0.2) is 0 Å². The van der Waals surface area contributed by atoms with E-state index >= 15 is 0 Å². The highest BCUT2D eigenvalue weighted by atomic mass is 35.5. The molecule has 0 spiro atoms. The van der Waals surface area contributed by atoms with Crippen LogP contribution >= 0.6 is 11.6 Å². The van der Waals surface area contributed by atoms with E-state index in [4.69, 9.17) is 11.6 Å². The molecule has 1 saturated carbocycles. The summed E-state index contributed by atoms with van der Waals surface area (Å²) in [6.45, 7) is 0.935. The monoisotopic (exact) mass is 291 g/mol. The van der Waals surface area contributed by atoms with Gasteiger partial charge in [-0.3, -0.25) is 0 Å². The van der Waals surface area contributed by atoms with Crippen LogP contribution in [0.5, 0.6) is 0 Å². The van der Waals surface area contributed by atoms with Crippen LogP contribution in [0.1, 0.15) is 30.1 Å². The van der Waals surface area contributed by atoms with Gasteiger partial charge in [-0.2, -0.15) is 4.80 Å². The fourth-order valence-electron chi connectivity index (χ4n) is 2.26. The van der Waals surface area contributed by atoms with Crippen molar-refractivity contribution in [1.82, 2.24) is 25.5 Å². The van der Waals surface area contributed by atoms with E-state index in [0.717, 1.165) is 23.8 Å². The molecule has 1 atom stereocenters. The van der Waals surface area contributed by atoms with Gasteiger partial charge in [-0.05, 0) is 35.8 Å². The van der Waals surface area contributed by atoms with Crippen LogP contribution < -0.4 is 5.32 Å². The Labute approximate surface area is 123 Å². The van der Waals surface area contributed by atoms with Crippen molar-refractivity contribution in [3.63, 3.8) is 0 Å². The van der Waals surface area contributed by atoms with Gasteiger partial charge >= 0.3 is 0 Å². The van der Waals surface area contributed by atoms with Crippen LogP contribution in [0.2, 0.25) is 5.02 Å². The van der Waals surface area contributed by atoms with E-state index in [1.807, 2.05) is 12.1 Å². The first-order valence-corrected chi connectivity index (χ1v) is 7.30. The Bertz CT molecular complexity index is 561.